The predicted octanol–water partition coefficient (Wildman–Crippen LogP) is 3.03. The van der Waals surface area contributed by atoms with Gasteiger partial charge in [0, 0.05) is 25.1 Å². The molecule has 5 heteroatoms. The van der Waals surface area contributed by atoms with Crippen LogP contribution in [0.3, 0.4) is 0 Å². The smallest absolute Gasteiger partial charge is 0.113 e. The second-order valence-electron chi connectivity index (χ2n) is 6.27. The Labute approximate surface area is 132 Å². The largest absolute Gasteiger partial charge is 0.383 e. The molecule has 0 saturated carbocycles. The van der Waals surface area contributed by atoms with E-state index in [1.165, 1.54) is 9.88 Å². The van der Waals surface area contributed by atoms with Gasteiger partial charge in [-0.25, -0.2) is 4.98 Å². The molecule has 2 heterocycles. The molecule has 0 aliphatic carbocycles. The van der Waals surface area contributed by atoms with E-state index in [0.717, 1.165) is 38.3 Å². The Morgan fingerprint density at radius 3 is 2.81 bits per heavy atom. The molecule has 120 valence electrons. The predicted molar refractivity (Wildman–Crippen MR) is 87.0 cm³/mol. The summed E-state index contributed by atoms with van der Waals surface area (Å²) in [4.78, 5) is 6.15. The van der Waals surface area contributed by atoms with Crippen molar-refractivity contribution in [1.82, 2.24) is 10.3 Å². The number of thiazole rings is 1. The van der Waals surface area contributed by atoms with Crippen LogP contribution in [0.4, 0.5) is 0 Å². The number of ether oxygens (including phenoxy) is 2. The van der Waals surface area contributed by atoms with Crippen LogP contribution in [0, 0.1) is 19.8 Å². The normalized spacial score (nSPS) is 26.5. The van der Waals surface area contributed by atoms with Crippen molar-refractivity contribution < 1.29 is 9.47 Å². The standard InChI is InChI=1S/C16H28N2O2S/c1-11(2)14-10-16(6-8-20-14,17-7-9-19-5)15-18-12(3)13(4)21-15/h11,14,17H,6-10H2,1-5H3. The highest BCUT2D eigenvalue weighted by Gasteiger charge is 2.41. The fourth-order valence-corrected chi connectivity index (χ4v) is 3.94. The molecule has 1 aromatic heterocycles. The van der Waals surface area contributed by atoms with Gasteiger partial charge in [-0.1, -0.05) is 13.8 Å². The number of hydrogen-bond acceptors (Lipinski definition) is 5. The van der Waals surface area contributed by atoms with Crippen LogP contribution in [0.25, 0.3) is 0 Å². The van der Waals surface area contributed by atoms with Crippen molar-refractivity contribution in [2.75, 3.05) is 26.9 Å². The van der Waals surface area contributed by atoms with Crippen molar-refractivity contribution in [3.8, 4) is 0 Å². The minimum Gasteiger partial charge on any atom is -0.383 e. The minimum absolute atomic E-state index is 0.0601. The monoisotopic (exact) mass is 312 g/mol. The second-order valence-corrected chi connectivity index (χ2v) is 7.47. The van der Waals surface area contributed by atoms with Crippen molar-refractivity contribution in [3.05, 3.63) is 15.6 Å². The van der Waals surface area contributed by atoms with Crippen LogP contribution in [0.5, 0.6) is 0 Å². The number of nitrogens with zero attached hydrogens (tertiary/aromatic N) is 1. The first-order chi connectivity index (χ1) is 9.98. The van der Waals surface area contributed by atoms with Crippen molar-refractivity contribution in [2.24, 2.45) is 5.92 Å². The van der Waals surface area contributed by atoms with Gasteiger partial charge in [-0.2, -0.15) is 0 Å². The van der Waals surface area contributed by atoms with Gasteiger partial charge in [0.05, 0.1) is 23.9 Å². The zero-order valence-electron chi connectivity index (χ0n) is 13.9. The second kappa shape index (κ2) is 7.18. The Morgan fingerprint density at radius 1 is 1.48 bits per heavy atom. The van der Waals surface area contributed by atoms with Crippen molar-refractivity contribution in [1.29, 1.82) is 0 Å². The molecule has 1 saturated heterocycles. The Morgan fingerprint density at radius 2 is 2.24 bits per heavy atom. The minimum atomic E-state index is -0.0601. The molecule has 1 aliphatic heterocycles. The molecule has 4 nitrogen and oxygen atoms in total. The van der Waals surface area contributed by atoms with E-state index in [1.807, 2.05) is 11.3 Å². The summed E-state index contributed by atoms with van der Waals surface area (Å²) in [6, 6.07) is 0. The highest BCUT2D eigenvalue weighted by atomic mass is 32.1. The Hall–Kier alpha value is -0.490. The fraction of sp³-hybridized carbons (Fsp3) is 0.812. The summed E-state index contributed by atoms with van der Waals surface area (Å²) in [5.74, 6) is 0.524. The lowest BCUT2D eigenvalue weighted by Gasteiger charge is -2.41. The maximum atomic E-state index is 5.97. The third-order valence-corrected chi connectivity index (χ3v) is 5.64. The number of rotatable bonds is 6. The molecule has 1 aliphatic rings. The first kappa shape index (κ1) is 16.9. The molecular formula is C16H28N2O2S. The third-order valence-electron chi connectivity index (χ3n) is 4.36. The first-order valence-electron chi connectivity index (χ1n) is 7.78. The zero-order valence-corrected chi connectivity index (χ0v) is 14.7. The molecule has 0 spiro atoms. The lowest BCUT2D eigenvalue weighted by atomic mass is 9.83. The Bertz CT molecular complexity index is 442. The number of aryl methyl sites for hydroxylation is 2. The lowest BCUT2D eigenvalue weighted by molar-refractivity contribution is -0.0544. The summed E-state index contributed by atoms with van der Waals surface area (Å²) in [5, 5.41) is 4.93. The average molecular weight is 312 g/mol. The molecule has 2 rings (SSSR count). The van der Waals surface area contributed by atoms with Gasteiger partial charge in [-0.3, -0.25) is 0 Å². The SMILES string of the molecule is COCCNC1(c2nc(C)c(C)s2)CCOC(C(C)C)C1. The van der Waals surface area contributed by atoms with Gasteiger partial charge in [0.2, 0.25) is 0 Å². The van der Waals surface area contributed by atoms with Gasteiger partial charge in [-0.05, 0) is 32.6 Å². The van der Waals surface area contributed by atoms with Crippen LogP contribution in [-0.4, -0.2) is 38.0 Å². The Balaban J connectivity index is 2.25. The summed E-state index contributed by atoms with van der Waals surface area (Å²) in [7, 11) is 1.74. The molecular weight excluding hydrogens is 284 g/mol. The van der Waals surface area contributed by atoms with Gasteiger partial charge in [0.15, 0.2) is 0 Å². The van der Waals surface area contributed by atoms with Crippen molar-refractivity contribution in [3.63, 3.8) is 0 Å². The molecule has 0 radical (unpaired) electrons. The van der Waals surface area contributed by atoms with Gasteiger partial charge in [0.1, 0.15) is 5.01 Å². The third kappa shape index (κ3) is 3.83. The number of nitrogens with one attached hydrogen (secondary N) is 1. The topological polar surface area (TPSA) is 43.4 Å². The van der Waals surface area contributed by atoms with E-state index in [4.69, 9.17) is 14.5 Å². The van der Waals surface area contributed by atoms with Crippen LogP contribution in [0.1, 0.15) is 42.3 Å². The van der Waals surface area contributed by atoms with Crippen LogP contribution in [0.15, 0.2) is 0 Å². The van der Waals surface area contributed by atoms with Crippen molar-refractivity contribution >= 4 is 11.3 Å². The van der Waals surface area contributed by atoms with E-state index >= 15 is 0 Å². The first-order valence-corrected chi connectivity index (χ1v) is 8.60. The van der Waals surface area contributed by atoms with Crippen LogP contribution in [-0.2, 0) is 15.0 Å². The molecule has 0 bridgehead atoms. The van der Waals surface area contributed by atoms with Gasteiger partial charge < -0.3 is 14.8 Å². The van der Waals surface area contributed by atoms with E-state index < -0.39 is 0 Å². The van der Waals surface area contributed by atoms with Crippen LogP contribution in [0.2, 0.25) is 0 Å². The Kier molecular flexibility index (Phi) is 5.77. The quantitative estimate of drug-likeness (QED) is 0.820. The maximum Gasteiger partial charge on any atom is 0.113 e. The van der Waals surface area contributed by atoms with Crippen LogP contribution < -0.4 is 5.32 Å². The van der Waals surface area contributed by atoms with E-state index in [0.29, 0.717) is 12.0 Å². The fourth-order valence-electron chi connectivity index (χ4n) is 2.82. The molecule has 1 N–H and O–H groups in total. The molecule has 1 aromatic rings. The van der Waals surface area contributed by atoms with E-state index in [9.17, 15) is 0 Å². The summed E-state index contributed by atoms with van der Waals surface area (Å²) in [6.45, 7) is 11.1. The van der Waals surface area contributed by atoms with E-state index in [1.54, 1.807) is 7.11 Å². The number of aromatic nitrogens is 1. The van der Waals surface area contributed by atoms with Gasteiger partial charge in [0.25, 0.3) is 0 Å². The number of methoxy groups -OCH3 is 1. The maximum absolute atomic E-state index is 5.97. The average Bonchev–Trinajstić information content (AvgIpc) is 2.80. The lowest BCUT2D eigenvalue weighted by Crippen LogP contribution is -2.51. The molecule has 2 unspecified atom stereocenters. The van der Waals surface area contributed by atoms with Gasteiger partial charge >= 0.3 is 0 Å². The molecule has 2 atom stereocenters. The zero-order chi connectivity index (χ0) is 15.5. The number of hydrogen-bond donors (Lipinski definition) is 1. The summed E-state index contributed by atoms with van der Waals surface area (Å²) < 4.78 is 11.2. The highest BCUT2D eigenvalue weighted by molar-refractivity contribution is 7.11. The highest BCUT2D eigenvalue weighted by Crippen LogP contribution is 2.39. The van der Waals surface area contributed by atoms with E-state index in [-0.39, 0.29) is 5.54 Å². The molecule has 0 aromatic carbocycles. The van der Waals surface area contributed by atoms with Crippen LogP contribution >= 0.6 is 11.3 Å². The summed E-state index contributed by atoms with van der Waals surface area (Å²) in [5.41, 5.74) is 1.09. The summed E-state index contributed by atoms with van der Waals surface area (Å²) >= 11 is 1.82. The molecule has 21 heavy (non-hydrogen) atoms. The molecule has 1 fully saturated rings. The van der Waals surface area contributed by atoms with Gasteiger partial charge in [-0.15, -0.1) is 11.3 Å². The summed E-state index contributed by atoms with van der Waals surface area (Å²) in [6.07, 6.45) is 2.26. The van der Waals surface area contributed by atoms with E-state index in [2.05, 4.69) is 33.0 Å². The molecule has 0 amide bonds. The van der Waals surface area contributed by atoms with Crippen molar-refractivity contribution in [2.45, 2.75) is 52.2 Å².